The third-order valence-electron chi connectivity index (χ3n) is 4.25. The smallest absolute Gasteiger partial charge is 0.273 e. The van der Waals surface area contributed by atoms with Crippen LogP contribution in [0.25, 0.3) is 0 Å². The van der Waals surface area contributed by atoms with Crippen molar-refractivity contribution in [3.05, 3.63) is 58.7 Å². The van der Waals surface area contributed by atoms with Gasteiger partial charge in [-0.1, -0.05) is 29.8 Å². The van der Waals surface area contributed by atoms with Gasteiger partial charge in [0.25, 0.3) is 5.91 Å². The normalized spacial score (nSPS) is 14.8. The summed E-state index contributed by atoms with van der Waals surface area (Å²) in [5.41, 5.74) is 3.38. The molecule has 25 heavy (non-hydrogen) atoms. The second kappa shape index (κ2) is 7.01. The minimum Gasteiger partial charge on any atom is -0.335 e. The first-order valence-electron chi connectivity index (χ1n) is 8.37. The highest BCUT2D eigenvalue weighted by Crippen LogP contribution is 2.13. The lowest BCUT2D eigenvalue weighted by atomic mass is 10.1. The van der Waals surface area contributed by atoms with E-state index >= 15 is 0 Å². The van der Waals surface area contributed by atoms with Gasteiger partial charge in [-0.15, -0.1) is 0 Å². The van der Waals surface area contributed by atoms with Crippen LogP contribution in [0.1, 0.15) is 33.1 Å². The highest BCUT2D eigenvalue weighted by Gasteiger charge is 2.28. The second-order valence-corrected chi connectivity index (χ2v) is 6.47. The van der Waals surface area contributed by atoms with Crippen LogP contribution in [0.2, 0.25) is 0 Å². The van der Waals surface area contributed by atoms with Crippen LogP contribution in [0.4, 0.5) is 0 Å². The van der Waals surface area contributed by atoms with E-state index in [0.29, 0.717) is 31.2 Å². The average molecular weight is 338 g/mol. The summed E-state index contributed by atoms with van der Waals surface area (Å²) in [6, 6.07) is 9.79. The molecule has 0 radical (unpaired) electrons. The van der Waals surface area contributed by atoms with Gasteiger partial charge in [0.2, 0.25) is 5.91 Å². The van der Waals surface area contributed by atoms with Crippen molar-refractivity contribution in [2.75, 3.05) is 19.6 Å². The Morgan fingerprint density at radius 1 is 1.12 bits per heavy atom. The van der Waals surface area contributed by atoms with Crippen LogP contribution in [-0.4, -0.2) is 51.2 Å². The van der Waals surface area contributed by atoms with Gasteiger partial charge in [0.15, 0.2) is 0 Å². The SMILES string of the molecule is Cc1cccc(CN2CCN(C(=O)c3cc(C)nc(C)n3)CC2=O)c1. The molecule has 0 spiro atoms. The molecule has 2 heterocycles. The second-order valence-electron chi connectivity index (χ2n) is 6.47. The molecule has 1 aromatic heterocycles. The van der Waals surface area contributed by atoms with Crippen LogP contribution in [0.5, 0.6) is 0 Å². The van der Waals surface area contributed by atoms with E-state index in [9.17, 15) is 9.59 Å². The molecule has 130 valence electrons. The Balaban J connectivity index is 1.67. The first-order chi connectivity index (χ1) is 11.9. The summed E-state index contributed by atoms with van der Waals surface area (Å²) in [7, 11) is 0. The number of aryl methyl sites for hydroxylation is 3. The number of rotatable bonds is 3. The Hall–Kier alpha value is -2.76. The molecule has 1 aliphatic heterocycles. The van der Waals surface area contributed by atoms with E-state index in [1.165, 1.54) is 5.56 Å². The van der Waals surface area contributed by atoms with Crippen LogP contribution >= 0.6 is 0 Å². The maximum absolute atomic E-state index is 12.6. The summed E-state index contributed by atoms with van der Waals surface area (Å²) in [6.07, 6.45) is 0. The lowest BCUT2D eigenvalue weighted by Crippen LogP contribution is -2.52. The Kier molecular flexibility index (Phi) is 4.79. The molecule has 1 fully saturated rings. The number of hydrogen-bond acceptors (Lipinski definition) is 4. The standard InChI is InChI=1S/C19H22N4O2/c1-13-5-4-6-16(9-13)11-22-7-8-23(12-18(22)24)19(25)17-10-14(2)20-15(3)21-17/h4-6,9-10H,7-8,11-12H2,1-3H3. The van der Waals surface area contributed by atoms with Crippen molar-refractivity contribution < 1.29 is 9.59 Å². The fraction of sp³-hybridized carbons (Fsp3) is 0.368. The number of hydrogen-bond donors (Lipinski definition) is 0. The molecule has 6 nitrogen and oxygen atoms in total. The Labute approximate surface area is 147 Å². The number of carbonyl (C=O) groups is 2. The molecule has 0 saturated carbocycles. The minimum absolute atomic E-state index is 0.0383. The van der Waals surface area contributed by atoms with Gasteiger partial charge in [0.05, 0.1) is 0 Å². The van der Waals surface area contributed by atoms with E-state index in [0.717, 1.165) is 11.3 Å². The maximum Gasteiger partial charge on any atom is 0.273 e. The molecule has 1 aliphatic rings. The summed E-state index contributed by atoms with van der Waals surface area (Å²) in [6.45, 7) is 7.33. The van der Waals surface area contributed by atoms with Crippen LogP contribution < -0.4 is 0 Å². The first kappa shape index (κ1) is 17.1. The predicted molar refractivity (Wildman–Crippen MR) is 94.0 cm³/mol. The highest BCUT2D eigenvalue weighted by molar-refractivity contribution is 5.95. The van der Waals surface area contributed by atoms with Gasteiger partial charge in [-0.3, -0.25) is 9.59 Å². The summed E-state index contributed by atoms with van der Waals surface area (Å²) < 4.78 is 0. The largest absolute Gasteiger partial charge is 0.335 e. The van der Waals surface area contributed by atoms with E-state index in [-0.39, 0.29) is 18.4 Å². The van der Waals surface area contributed by atoms with Gasteiger partial charge in [-0.05, 0) is 32.4 Å². The lowest BCUT2D eigenvalue weighted by molar-refractivity contribution is -0.135. The number of piperazine rings is 1. The molecule has 0 aliphatic carbocycles. The van der Waals surface area contributed by atoms with E-state index in [2.05, 4.69) is 16.0 Å². The molecule has 6 heteroatoms. The number of amides is 2. The van der Waals surface area contributed by atoms with Crippen molar-refractivity contribution >= 4 is 11.8 Å². The molecule has 0 atom stereocenters. The Morgan fingerprint density at radius 2 is 1.92 bits per heavy atom. The zero-order valence-corrected chi connectivity index (χ0v) is 14.8. The van der Waals surface area contributed by atoms with Crippen LogP contribution in [0, 0.1) is 20.8 Å². The van der Waals surface area contributed by atoms with Gasteiger partial charge in [-0.2, -0.15) is 0 Å². The zero-order chi connectivity index (χ0) is 18.0. The first-order valence-corrected chi connectivity index (χ1v) is 8.37. The average Bonchev–Trinajstić information content (AvgIpc) is 2.55. The number of benzene rings is 1. The number of aromatic nitrogens is 2. The fourth-order valence-corrected chi connectivity index (χ4v) is 3.07. The van der Waals surface area contributed by atoms with Gasteiger partial charge in [0, 0.05) is 25.3 Å². The highest BCUT2D eigenvalue weighted by atomic mass is 16.2. The van der Waals surface area contributed by atoms with Gasteiger partial charge in [0.1, 0.15) is 18.1 Å². The van der Waals surface area contributed by atoms with Gasteiger partial charge < -0.3 is 9.80 Å². The van der Waals surface area contributed by atoms with Gasteiger partial charge in [-0.25, -0.2) is 9.97 Å². The summed E-state index contributed by atoms with van der Waals surface area (Å²) >= 11 is 0. The summed E-state index contributed by atoms with van der Waals surface area (Å²) in [4.78, 5) is 36.8. The van der Waals surface area contributed by atoms with Gasteiger partial charge >= 0.3 is 0 Å². The van der Waals surface area contributed by atoms with E-state index in [1.807, 2.05) is 32.0 Å². The molecule has 3 rings (SSSR count). The van der Waals surface area contributed by atoms with Crippen LogP contribution in [-0.2, 0) is 11.3 Å². The Bertz CT molecular complexity index is 799. The van der Waals surface area contributed by atoms with Crippen molar-refractivity contribution in [1.82, 2.24) is 19.8 Å². The fourth-order valence-electron chi connectivity index (χ4n) is 3.07. The maximum atomic E-state index is 12.6. The molecule has 0 unspecified atom stereocenters. The van der Waals surface area contributed by atoms with Crippen molar-refractivity contribution in [2.24, 2.45) is 0 Å². The van der Waals surface area contributed by atoms with Crippen molar-refractivity contribution in [3.8, 4) is 0 Å². The summed E-state index contributed by atoms with van der Waals surface area (Å²) in [5, 5.41) is 0. The summed E-state index contributed by atoms with van der Waals surface area (Å²) in [5.74, 6) is 0.313. The molecule has 1 saturated heterocycles. The Morgan fingerprint density at radius 3 is 2.60 bits per heavy atom. The quantitative estimate of drug-likeness (QED) is 0.857. The lowest BCUT2D eigenvalue weighted by Gasteiger charge is -2.34. The van der Waals surface area contributed by atoms with Crippen molar-refractivity contribution in [1.29, 1.82) is 0 Å². The van der Waals surface area contributed by atoms with E-state index < -0.39 is 0 Å². The molecule has 0 bridgehead atoms. The molecular weight excluding hydrogens is 316 g/mol. The minimum atomic E-state index is -0.211. The predicted octanol–water partition coefficient (Wildman–Crippen LogP) is 1.89. The monoisotopic (exact) mass is 338 g/mol. The topological polar surface area (TPSA) is 66.4 Å². The molecule has 2 amide bonds. The van der Waals surface area contributed by atoms with E-state index in [4.69, 9.17) is 0 Å². The van der Waals surface area contributed by atoms with Crippen LogP contribution in [0.15, 0.2) is 30.3 Å². The van der Waals surface area contributed by atoms with Crippen LogP contribution in [0.3, 0.4) is 0 Å². The molecular formula is C19H22N4O2. The molecule has 2 aromatic rings. The number of nitrogens with zero attached hydrogens (tertiary/aromatic N) is 4. The third-order valence-corrected chi connectivity index (χ3v) is 4.25. The molecule has 1 aromatic carbocycles. The van der Waals surface area contributed by atoms with Crippen molar-refractivity contribution in [2.45, 2.75) is 27.3 Å². The van der Waals surface area contributed by atoms with E-state index in [1.54, 1.807) is 22.8 Å². The third kappa shape index (κ3) is 4.02. The zero-order valence-electron chi connectivity index (χ0n) is 14.8. The number of carbonyl (C=O) groups excluding carboxylic acids is 2. The van der Waals surface area contributed by atoms with Crippen molar-refractivity contribution in [3.63, 3.8) is 0 Å². The molecule has 0 N–H and O–H groups in total.